The lowest BCUT2D eigenvalue weighted by molar-refractivity contribution is 0.0391. The number of rotatable bonds is 4. The van der Waals surface area contributed by atoms with E-state index in [2.05, 4.69) is 31.2 Å². The van der Waals surface area contributed by atoms with Crippen molar-refractivity contribution in [3.05, 3.63) is 59.7 Å². The summed E-state index contributed by atoms with van der Waals surface area (Å²) in [5.41, 5.74) is 4.89. The van der Waals surface area contributed by atoms with Crippen LogP contribution in [0.3, 0.4) is 0 Å². The fourth-order valence-electron chi connectivity index (χ4n) is 4.60. The third kappa shape index (κ3) is 3.34. The van der Waals surface area contributed by atoms with Crippen LogP contribution < -0.4 is 0 Å². The van der Waals surface area contributed by atoms with Gasteiger partial charge in [-0.2, -0.15) is 0 Å². The SMILES string of the molecule is CC[C@@H]1CCN(C(=O)OCC2c3ccccc3-c3ccccc32)[C@H](CO)C1. The van der Waals surface area contributed by atoms with E-state index in [1.807, 2.05) is 24.3 Å². The second-order valence-electron chi connectivity index (χ2n) is 7.63. The van der Waals surface area contributed by atoms with Gasteiger partial charge in [0.2, 0.25) is 0 Å². The van der Waals surface area contributed by atoms with Crippen LogP contribution >= 0.6 is 0 Å². The van der Waals surface area contributed by atoms with E-state index in [1.54, 1.807) is 4.90 Å². The molecule has 2 atom stereocenters. The number of hydrogen-bond donors (Lipinski definition) is 1. The number of aliphatic hydroxyl groups excluding tert-OH is 1. The van der Waals surface area contributed by atoms with E-state index in [0.29, 0.717) is 19.1 Å². The van der Waals surface area contributed by atoms with Gasteiger partial charge in [0.1, 0.15) is 6.61 Å². The van der Waals surface area contributed by atoms with E-state index in [1.165, 1.54) is 22.3 Å². The maximum Gasteiger partial charge on any atom is 0.410 e. The smallest absolute Gasteiger partial charge is 0.410 e. The van der Waals surface area contributed by atoms with Crippen molar-refractivity contribution in [1.82, 2.24) is 4.90 Å². The molecule has 4 heteroatoms. The molecule has 4 rings (SSSR count). The number of fused-ring (bicyclic) bond motifs is 3. The summed E-state index contributed by atoms with van der Waals surface area (Å²) in [5.74, 6) is 0.655. The molecule has 142 valence electrons. The van der Waals surface area contributed by atoms with Crippen molar-refractivity contribution in [3.8, 4) is 11.1 Å². The monoisotopic (exact) mass is 365 g/mol. The Balaban J connectivity index is 1.48. The predicted molar refractivity (Wildman–Crippen MR) is 106 cm³/mol. The molecule has 1 N–H and O–H groups in total. The third-order valence-electron chi connectivity index (χ3n) is 6.18. The molecule has 1 saturated heterocycles. The van der Waals surface area contributed by atoms with Crippen LogP contribution in [0, 0.1) is 5.92 Å². The molecule has 0 radical (unpaired) electrons. The lowest BCUT2D eigenvalue weighted by atomic mass is 9.89. The standard InChI is InChI=1S/C23H27NO3/c1-2-16-11-12-24(17(13-16)14-25)23(26)27-15-22-20-9-5-3-7-18(20)19-8-4-6-10-21(19)22/h3-10,16-17,22,25H,2,11-15H2,1H3/t16-,17+/m1/s1. The molecule has 1 heterocycles. The zero-order valence-corrected chi connectivity index (χ0v) is 15.8. The Morgan fingerprint density at radius 2 is 1.74 bits per heavy atom. The second-order valence-corrected chi connectivity index (χ2v) is 7.63. The maximum atomic E-state index is 12.7. The molecule has 1 aliphatic heterocycles. The first-order valence-electron chi connectivity index (χ1n) is 9.95. The first-order chi connectivity index (χ1) is 13.2. The van der Waals surface area contributed by atoms with Gasteiger partial charge in [-0.3, -0.25) is 0 Å². The summed E-state index contributed by atoms with van der Waals surface area (Å²) < 4.78 is 5.76. The van der Waals surface area contributed by atoms with Gasteiger partial charge in [-0.15, -0.1) is 0 Å². The molecule has 27 heavy (non-hydrogen) atoms. The minimum absolute atomic E-state index is 0.000690. The number of aliphatic hydroxyl groups is 1. The van der Waals surface area contributed by atoms with Gasteiger partial charge in [-0.25, -0.2) is 4.79 Å². The van der Waals surface area contributed by atoms with Gasteiger partial charge in [0.15, 0.2) is 0 Å². The highest BCUT2D eigenvalue weighted by molar-refractivity contribution is 5.79. The van der Waals surface area contributed by atoms with Crippen LogP contribution in [0.15, 0.2) is 48.5 Å². The van der Waals surface area contributed by atoms with Crippen LogP contribution in [0.5, 0.6) is 0 Å². The average Bonchev–Trinajstić information content (AvgIpc) is 3.05. The average molecular weight is 365 g/mol. The first-order valence-corrected chi connectivity index (χ1v) is 9.95. The second kappa shape index (κ2) is 7.73. The third-order valence-corrected chi connectivity index (χ3v) is 6.18. The highest BCUT2D eigenvalue weighted by Gasteiger charge is 2.33. The van der Waals surface area contributed by atoms with E-state index >= 15 is 0 Å². The molecule has 0 aromatic heterocycles. The topological polar surface area (TPSA) is 49.8 Å². The van der Waals surface area contributed by atoms with E-state index in [9.17, 15) is 9.90 Å². The van der Waals surface area contributed by atoms with E-state index < -0.39 is 0 Å². The number of carbonyl (C=O) groups is 1. The molecule has 0 saturated carbocycles. The number of ether oxygens (including phenoxy) is 1. The highest BCUT2D eigenvalue weighted by atomic mass is 16.6. The maximum absolute atomic E-state index is 12.7. The molecule has 0 spiro atoms. The molecule has 2 aromatic rings. The van der Waals surface area contributed by atoms with Crippen molar-refractivity contribution in [2.45, 2.75) is 38.1 Å². The van der Waals surface area contributed by atoms with Gasteiger partial charge in [0, 0.05) is 12.5 Å². The highest BCUT2D eigenvalue weighted by Crippen LogP contribution is 2.44. The number of amides is 1. The minimum Gasteiger partial charge on any atom is -0.448 e. The van der Waals surface area contributed by atoms with Crippen molar-refractivity contribution in [3.63, 3.8) is 0 Å². The van der Waals surface area contributed by atoms with Crippen LogP contribution in [-0.2, 0) is 4.74 Å². The lowest BCUT2D eigenvalue weighted by Crippen LogP contribution is -2.48. The molecule has 2 aromatic carbocycles. The van der Waals surface area contributed by atoms with Gasteiger partial charge >= 0.3 is 6.09 Å². The Labute approximate surface area is 160 Å². The molecular formula is C23H27NO3. The lowest BCUT2D eigenvalue weighted by Gasteiger charge is -2.37. The van der Waals surface area contributed by atoms with Crippen LogP contribution in [0.25, 0.3) is 11.1 Å². The molecule has 4 nitrogen and oxygen atoms in total. The number of piperidine rings is 1. The van der Waals surface area contributed by atoms with Gasteiger partial charge in [-0.1, -0.05) is 61.9 Å². The molecule has 1 amide bonds. The number of nitrogens with zero attached hydrogens (tertiary/aromatic N) is 1. The summed E-state index contributed by atoms with van der Waals surface area (Å²) in [6.45, 7) is 3.17. The summed E-state index contributed by atoms with van der Waals surface area (Å²) in [6.07, 6.45) is 2.63. The summed E-state index contributed by atoms with van der Waals surface area (Å²) in [6, 6.07) is 16.6. The Bertz CT molecular complexity index is 773. The van der Waals surface area contributed by atoms with Gasteiger partial charge in [0.05, 0.1) is 12.6 Å². The summed E-state index contributed by atoms with van der Waals surface area (Å²) in [5, 5.41) is 9.71. The van der Waals surface area contributed by atoms with Gasteiger partial charge < -0.3 is 14.7 Å². The Kier molecular flexibility index (Phi) is 5.17. The van der Waals surface area contributed by atoms with Crippen molar-refractivity contribution >= 4 is 6.09 Å². The Morgan fingerprint density at radius 1 is 1.11 bits per heavy atom. The van der Waals surface area contributed by atoms with Crippen LogP contribution in [0.2, 0.25) is 0 Å². The molecule has 1 fully saturated rings. The molecule has 0 bridgehead atoms. The number of hydrogen-bond acceptors (Lipinski definition) is 3. The summed E-state index contributed by atoms with van der Waals surface area (Å²) in [7, 11) is 0. The fourth-order valence-corrected chi connectivity index (χ4v) is 4.60. The van der Waals surface area contributed by atoms with Crippen LogP contribution in [0.1, 0.15) is 43.2 Å². The molecule has 2 aliphatic rings. The van der Waals surface area contributed by atoms with Gasteiger partial charge in [-0.05, 0) is 41.0 Å². The molecular weight excluding hydrogens is 338 g/mol. The molecule has 1 aliphatic carbocycles. The zero-order chi connectivity index (χ0) is 18.8. The summed E-state index contributed by atoms with van der Waals surface area (Å²) >= 11 is 0. The normalized spacial score (nSPS) is 21.6. The summed E-state index contributed by atoms with van der Waals surface area (Å²) in [4.78, 5) is 14.5. The number of likely N-dealkylation sites (tertiary alicyclic amines) is 1. The van der Waals surface area contributed by atoms with Crippen LogP contribution in [-0.4, -0.2) is 41.9 Å². The van der Waals surface area contributed by atoms with Gasteiger partial charge in [0.25, 0.3) is 0 Å². The van der Waals surface area contributed by atoms with E-state index in [4.69, 9.17) is 4.74 Å². The zero-order valence-electron chi connectivity index (χ0n) is 15.8. The quantitative estimate of drug-likeness (QED) is 0.873. The Morgan fingerprint density at radius 3 is 2.33 bits per heavy atom. The first kappa shape index (κ1) is 18.1. The van der Waals surface area contributed by atoms with Crippen molar-refractivity contribution in [1.29, 1.82) is 0 Å². The van der Waals surface area contributed by atoms with E-state index in [-0.39, 0.29) is 24.7 Å². The van der Waals surface area contributed by atoms with Crippen molar-refractivity contribution < 1.29 is 14.6 Å². The van der Waals surface area contributed by atoms with Crippen molar-refractivity contribution in [2.75, 3.05) is 19.8 Å². The largest absolute Gasteiger partial charge is 0.448 e. The van der Waals surface area contributed by atoms with E-state index in [0.717, 1.165) is 19.3 Å². The van der Waals surface area contributed by atoms with Crippen molar-refractivity contribution in [2.24, 2.45) is 5.92 Å². The number of benzene rings is 2. The fraction of sp³-hybridized carbons (Fsp3) is 0.435. The predicted octanol–water partition coefficient (Wildman–Crippen LogP) is 4.42. The minimum atomic E-state index is -0.300. The van der Waals surface area contributed by atoms with Crippen LogP contribution in [0.4, 0.5) is 4.79 Å². The Hall–Kier alpha value is -2.33. The number of carbonyl (C=O) groups excluding carboxylic acids is 1. The molecule has 0 unspecified atom stereocenters.